The summed E-state index contributed by atoms with van der Waals surface area (Å²) < 4.78 is 9.89. The fourth-order valence-electron chi connectivity index (χ4n) is 1.94. The molecule has 0 fully saturated rings. The molecule has 0 radical (unpaired) electrons. The second-order valence-electron chi connectivity index (χ2n) is 5.19. The molecular weight excluding hydrogens is 258 g/mol. The van der Waals surface area contributed by atoms with Gasteiger partial charge in [0.05, 0.1) is 6.10 Å². The maximum absolute atomic E-state index is 5.84. The molecule has 1 aromatic rings. The molecule has 0 saturated heterocycles. The molecule has 0 aromatic carbocycles. The maximum atomic E-state index is 5.84. The Bertz CT molecular complexity index is 366. The molecule has 0 aliphatic carbocycles. The van der Waals surface area contributed by atoms with Gasteiger partial charge in [0.1, 0.15) is 0 Å². The number of nitrogens with two attached hydrogens (primary N) is 1. The first-order valence-electron chi connectivity index (χ1n) is 7.24. The Morgan fingerprint density at radius 2 is 2.11 bits per heavy atom. The van der Waals surface area contributed by atoms with Gasteiger partial charge in [0.15, 0.2) is 16.6 Å². The minimum absolute atomic E-state index is 0.112. The van der Waals surface area contributed by atoms with Crippen molar-refractivity contribution in [1.29, 1.82) is 0 Å². The third-order valence-corrected chi connectivity index (χ3v) is 3.92. The number of nitrogens with one attached hydrogen (secondary N) is 1. The van der Waals surface area contributed by atoms with Gasteiger partial charge in [-0.3, -0.25) is 0 Å². The normalized spacial score (nSPS) is 12.7. The number of nitrogen functional groups attached to an aromatic ring is 1. The van der Waals surface area contributed by atoms with Crippen LogP contribution in [0.3, 0.4) is 0 Å². The third-order valence-electron chi connectivity index (χ3n) is 3.12. The number of unbranched alkanes of at least 4 members (excludes halogenated alkanes) is 1. The van der Waals surface area contributed by atoms with Gasteiger partial charge in [-0.2, -0.15) is 4.37 Å². The lowest BCUT2D eigenvalue weighted by molar-refractivity contribution is 0.245. The molecule has 5 heteroatoms. The zero-order valence-electron chi connectivity index (χ0n) is 12.5. The van der Waals surface area contributed by atoms with Gasteiger partial charge in [-0.05, 0) is 37.7 Å². The van der Waals surface area contributed by atoms with Crippen molar-refractivity contribution in [1.82, 2.24) is 4.37 Å². The molecule has 0 saturated carbocycles. The van der Waals surface area contributed by atoms with Crippen molar-refractivity contribution in [2.24, 2.45) is 5.92 Å². The summed E-state index contributed by atoms with van der Waals surface area (Å²) in [6, 6.07) is 0. The topological polar surface area (TPSA) is 60.2 Å². The van der Waals surface area contributed by atoms with Crippen LogP contribution in [0.15, 0.2) is 0 Å². The van der Waals surface area contributed by atoms with E-state index >= 15 is 0 Å². The van der Waals surface area contributed by atoms with E-state index in [1.165, 1.54) is 37.2 Å². The summed E-state index contributed by atoms with van der Waals surface area (Å²) in [7, 11) is 0. The largest absolute Gasteiger partial charge is 0.484 e. The van der Waals surface area contributed by atoms with Gasteiger partial charge in [0, 0.05) is 6.54 Å². The molecule has 1 atom stereocenters. The standard InChI is InChI=1S/C14H27N3OS/c1-5-7-8-11(6-2)9-16-14-12(18-10(3)4)13(15)17-19-14/h10-11,16H,5-9H2,1-4H3,(H2,15,17). The predicted octanol–water partition coefficient (Wildman–Crippen LogP) is 4.14. The maximum Gasteiger partial charge on any atom is 0.197 e. The van der Waals surface area contributed by atoms with Gasteiger partial charge in [0.2, 0.25) is 0 Å². The highest BCUT2D eigenvalue weighted by molar-refractivity contribution is 7.11. The van der Waals surface area contributed by atoms with Crippen LogP contribution in [0, 0.1) is 5.92 Å². The number of nitrogens with zero attached hydrogens (tertiary/aromatic N) is 1. The Kier molecular flexibility index (Phi) is 6.99. The average molecular weight is 285 g/mol. The van der Waals surface area contributed by atoms with E-state index in [0.29, 0.717) is 17.5 Å². The lowest BCUT2D eigenvalue weighted by atomic mass is 9.99. The number of aromatic nitrogens is 1. The highest BCUT2D eigenvalue weighted by Crippen LogP contribution is 2.36. The Morgan fingerprint density at radius 3 is 2.68 bits per heavy atom. The van der Waals surface area contributed by atoms with Crippen LogP contribution in [0.5, 0.6) is 5.75 Å². The summed E-state index contributed by atoms with van der Waals surface area (Å²) in [5, 5.41) is 4.41. The molecule has 19 heavy (non-hydrogen) atoms. The highest BCUT2D eigenvalue weighted by Gasteiger charge is 2.15. The van der Waals surface area contributed by atoms with Crippen molar-refractivity contribution in [3.8, 4) is 5.75 Å². The molecule has 3 N–H and O–H groups in total. The minimum atomic E-state index is 0.112. The lowest BCUT2D eigenvalue weighted by Gasteiger charge is -2.16. The Labute approximate surface area is 120 Å². The summed E-state index contributed by atoms with van der Waals surface area (Å²) in [6.07, 6.45) is 5.13. The summed E-state index contributed by atoms with van der Waals surface area (Å²) in [5.41, 5.74) is 5.84. The molecule has 1 aromatic heterocycles. The number of ether oxygens (including phenoxy) is 1. The van der Waals surface area contributed by atoms with E-state index in [9.17, 15) is 0 Å². The number of anilines is 2. The highest BCUT2D eigenvalue weighted by atomic mass is 32.1. The smallest absolute Gasteiger partial charge is 0.197 e. The van der Waals surface area contributed by atoms with Gasteiger partial charge in [-0.1, -0.05) is 33.1 Å². The fourth-order valence-corrected chi connectivity index (χ4v) is 2.59. The van der Waals surface area contributed by atoms with Crippen molar-refractivity contribution in [3.63, 3.8) is 0 Å². The summed E-state index contributed by atoms with van der Waals surface area (Å²) in [6.45, 7) is 9.44. The first kappa shape index (κ1) is 16.1. The van der Waals surface area contributed by atoms with Crippen LogP contribution >= 0.6 is 11.5 Å². The van der Waals surface area contributed by atoms with Crippen molar-refractivity contribution in [2.75, 3.05) is 17.6 Å². The Balaban J connectivity index is 2.56. The third kappa shape index (κ3) is 5.27. The Hall–Kier alpha value is -0.970. The zero-order valence-corrected chi connectivity index (χ0v) is 13.3. The molecular formula is C14H27N3OS. The number of rotatable bonds is 9. The fraction of sp³-hybridized carbons (Fsp3) is 0.786. The van der Waals surface area contributed by atoms with E-state index in [1.807, 2.05) is 13.8 Å². The second kappa shape index (κ2) is 8.25. The first-order chi connectivity index (χ1) is 9.08. The molecule has 110 valence electrons. The van der Waals surface area contributed by atoms with E-state index in [-0.39, 0.29) is 6.10 Å². The van der Waals surface area contributed by atoms with Crippen LogP contribution in [0.4, 0.5) is 10.8 Å². The quantitative estimate of drug-likeness (QED) is 0.716. The second-order valence-corrected chi connectivity index (χ2v) is 5.96. The summed E-state index contributed by atoms with van der Waals surface area (Å²) in [4.78, 5) is 0. The van der Waals surface area contributed by atoms with E-state index in [1.54, 1.807) is 0 Å². The molecule has 1 unspecified atom stereocenters. The van der Waals surface area contributed by atoms with Gasteiger partial charge >= 0.3 is 0 Å². The van der Waals surface area contributed by atoms with E-state index in [0.717, 1.165) is 11.5 Å². The van der Waals surface area contributed by atoms with Gasteiger partial charge < -0.3 is 15.8 Å². The van der Waals surface area contributed by atoms with Gasteiger partial charge in [0.25, 0.3) is 0 Å². The molecule has 0 spiro atoms. The van der Waals surface area contributed by atoms with E-state index in [2.05, 4.69) is 23.5 Å². The summed E-state index contributed by atoms with van der Waals surface area (Å²) >= 11 is 1.38. The minimum Gasteiger partial charge on any atom is -0.484 e. The van der Waals surface area contributed by atoms with Crippen LogP contribution in [0.1, 0.15) is 53.4 Å². The van der Waals surface area contributed by atoms with Crippen LogP contribution in [-0.4, -0.2) is 17.0 Å². The van der Waals surface area contributed by atoms with Crippen LogP contribution in [0.25, 0.3) is 0 Å². The van der Waals surface area contributed by atoms with Crippen molar-refractivity contribution in [3.05, 3.63) is 0 Å². The molecule has 4 nitrogen and oxygen atoms in total. The van der Waals surface area contributed by atoms with E-state index in [4.69, 9.17) is 10.5 Å². The first-order valence-corrected chi connectivity index (χ1v) is 8.01. The van der Waals surface area contributed by atoms with Crippen molar-refractivity contribution >= 4 is 22.4 Å². The van der Waals surface area contributed by atoms with E-state index < -0.39 is 0 Å². The average Bonchev–Trinajstić information content (AvgIpc) is 2.71. The van der Waals surface area contributed by atoms with Gasteiger partial charge in [-0.25, -0.2) is 0 Å². The molecule has 0 aliphatic rings. The predicted molar refractivity (Wildman–Crippen MR) is 84.1 cm³/mol. The number of hydrogen-bond acceptors (Lipinski definition) is 5. The van der Waals surface area contributed by atoms with Gasteiger partial charge in [-0.15, -0.1) is 0 Å². The molecule has 0 amide bonds. The zero-order chi connectivity index (χ0) is 14.3. The molecule has 0 bridgehead atoms. The Morgan fingerprint density at radius 1 is 1.37 bits per heavy atom. The molecule has 0 aliphatic heterocycles. The SMILES string of the molecule is CCCCC(CC)CNc1snc(N)c1OC(C)C. The lowest BCUT2D eigenvalue weighted by Crippen LogP contribution is -2.14. The molecule has 1 rings (SSSR count). The van der Waals surface area contributed by atoms with Crippen LogP contribution in [-0.2, 0) is 0 Å². The van der Waals surface area contributed by atoms with Crippen molar-refractivity contribution in [2.45, 2.75) is 59.5 Å². The van der Waals surface area contributed by atoms with Crippen molar-refractivity contribution < 1.29 is 4.74 Å². The van der Waals surface area contributed by atoms with Crippen LogP contribution in [0.2, 0.25) is 0 Å². The number of hydrogen-bond donors (Lipinski definition) is 2. The molecule has 1 heterocycles. The summed E-state index contributed by atoms with van der Waals surface area (Å²) in [5.74, 6) is 1.91. The van der Waals surface area contributed by atoms with Crippen LogP contribution < -0.4 is 15.8 Å². The monoisotopic (exact) mass is 285 g/mol.